The van der Waals surface area contributed by atoms with E-state index in [1.165, 1.54) is 64.7 Å². The zero-order valence-electron chi connectivity index (χ0n) is 11.8. The highest BCUT2D eigenvalue weighted by molar-refractivity contribution is 4.82. The van der Waals surface area contributed by atoms with Crippen molar-refractivity contribution in [2.24, 2.45) is 11.8 Å². The fourth-order valence-corrected chi connectivity index (χ4v) is 3.41. The van der Waals surface area contributed by atoms with Crippen molar-refractivity contribution in [3.63, 3.8) is 0 Å². The van der Waals surface area contributed by atoms with Gasteiger partial charge in [-0.2, -0.15) is 0 Å². The van der Waals surface area contributed by atoms with Crippen molar-refractivity contribution >= 4 is 0 Å². The van der Waals surface area contributed by atoms with Crippen LogP contribution in [0.15, 0.2) is 0 Å². The molecule has 2 rings (SSSR count). The molecule has 1 aliphatic heterocycles. The maximum Gasteiger partial charge on any atom is 0.0220 e. The third-order valence-corrected chi connectivity index (χ3v) is 4.83. The summed E-state index contributed by atoms with van der Waals surface area (Å²) in [7, 11) is 0. The molecule has 0 radical (unpaired) electrons. The van der Waals surface area contributed by atoms with E-state index >= 15 is 0 Å². The van der Waals surface area contributed by atoms with Crippen LogP contribution in [0.1, 0.15) is 52.4 Å². The third kappa shape index (κ3) is 3.96. The minimum absolute atomic E-state index is 0.726. The third-order valence-electron chi connectivity index (χ3n) is 4.83. The summed E-state index contributed by atoms with van der Waals surface area (Å²) in [5, 5.41) is 3.75. The lowest BCUT2D eigenvalue weighted by Gasteiger charge is -2.29. The molecule has 1 saturated heterocycles. The number of hydrogen-bond donors (Lipinski definition) is 1. The fraction of sp³-hybridized carbons (Fsp3) is 1.00. The molecular formula is C15H30N2. The van der Waals surface area contributed by atoms with E-state index in [1.54, 1.807) is 0 Å². The first-order valence-electron chi connectivity index (χ1n) is 7.75. The highest BCUT2D eigenvalue weighted by Gasteiger charge is 2.24. The summed E-state index contributed by atoms with van der Waals surface area (Å²) < 4.78 is 0. The molecule has 1 saturated carbocycles. The summed E-state index contributed by atoms with van der Waals surface area (Å²) in [4.78, 5) is 2.74. The lowest BCUT2D eigenvalue weighted by atomic mass is 9.98. The van der Waals surface area contributed by atoms with Crippen molar-refractivity contribution in [1.29, 1.82) is 0 Å². The van der Waals surface area contributed by atoms with Gasteiger partial charge in [-0.05, 0) is 44.2 Å². The van der Waals surface area contributed by atoms with E-state index < -0.39 is 0 Å². The molecule has 2 heteroatoms. The molecule has 0 aromatic carbocycles. The second kappa shape index (κ2) is 6.75. The van der Waals surface area contributed by atoms with Gasteiger partial charge in [0.2, 0.25) is 0 Å². The van der Waals surface area contributed by atoms with Crippen molar-refractivity contribution in [1.82, 2.24) is 10.2 Å². The Hall–Kier alpha value is -0.0800. The van der Waals surface area contributed by atoms with Gasteiger partial charge in [-0.15, -0.1) is 0 Å². The van der Waals surface area contributed by atoms with E-state index in [9.17, 15) is 0 Å². The summed E-state index contributed by atoms with van der Waals surface area (Å²) in [5.74, 6) is 1.82. The van der Waals surface area contributed by atoms with E-state index in [1.807, 2.05) is 0 Å². The van der Waals surface area contributed by atoms with Gasteiger partial charge >= 0.3 is 0 Å². The molecule has 0 bridgehead atoms. The highest BCUT2D eigenvalue weighted by atomic mass is 15.2. The SMILES string of the molecule is CCC(C)C1CN(CC2CCCC2)CCCN1. The molecule has 100 valence electrons. The van der Waals surface area contributed by atoms with Crippen LogP contribution in [0.2, 0.25) is 0 Å². The maximum absolute atomic E-state index is 3.75. The van der Waals surface area contributed by atoms with Crippen LogP contribution in [0.4, 0.5) is 0 Å². The number of nitrogens with zero attached hydrogens (tertiary/aromatic N) is 1. The van der Waals surface area contributed by atoms with Crippen LogP contribution in [-0.2, 0) is 0 Å². The van der Waals surface area contributed by atoms with Gasteiger partial charge in [-0.25, -0.2) is 0 Å². The molecule has 1 aliphatic carbocycles. The lowest BCUT2D eigenvalue weighted by molar-refractivity contribution is 0.208. The van der Waals surface area contributed by atoms with Gasteiger partial charge in [0.1, 0.15) is 0 Å². The molecule has 0 amide bonds. The van der Waals surface area contributed by atoms with Gasteiger partial charge in [0.15, 0.2) is 0 Å². The first kappa shape index (κ1) is 13.4. The number of nitrogens with one attached hydrogen (secondary N) is 1. The monoisotopic (exact) mass is 238 g/mol. The van der Waals surface area contributed by atoms with E-state index in [4.69, 9.17) is 0 Å². The Bertz CT molecular complexity index is 211. The fourth-order valence-electron chi connectivity index (χ4n) is 3.41. The van der Waals surface area contributed by atoms with Crippen molar-refractivity contribution in [2.75, 3.05) is 26.2 Å². The van der Waals surface area contributed by atoms with Crippen LogP contribution in [0, 0.1) is 11.8 Å². The Morgan fingerprint density at radius 2 is 2.00 bits per heavy atom. The summed E-state index contributed by atoms with van der Waals surface area (Å²) in [6.45, 7) is 9.90. The molecule has 17 heavy (non-hydrogen) atoms. The Balaban J connectivity index is 1.83. The Kier molecular flexibility index (Phi) is 5.30. The average Bonchev–Trinajstić information content (AvgIpc) is 2.73. The molecule has 1 N–H and O–H groups in total. The molecule has 0 spiro atoms. The van der Waals surface area contributed by atoms with Crippen molar-refractivity contribution < 1.29 is 0 Å². The Morgan fingerprint density at radius 1 is 1.24 bits per heavy atom. The second-order valence-corrected chi connectivity index (χ2v) is 6.21. The predicted molar refractivity (Wildman–Crippen MR) is 74.3 cm³/mol. The maximum atomic E-state index is 3.75. The summed E-state index contributed by atoms with van der Waals surface area (Å²) in [5.41, 5.74) is 0. The number of rotatable bonds is 4. The standard InChI is InChI=1S/C15H30N2/c1-3-13(2)15-12-17(10-6-9-16-15)11-14-7-4-5-8-14/h13-16H,3-12H2,1-2H3. The molecule has 2 fully saturated rings. The zero-order valence-corrected chi connectivity index (χ0v) is 11.8. The molecule has 2 nitrogen and oxygen atoms in total. The molecule has 1 heterocycles. The Labute approximate surface area is 107 Å². The van der Waals surface area contributed by atoms with E-state index in [0.29, 0.717) is 0 Å². The van der Waals surface area contributed by atoms with Crippen LogP contribution in [-0.4, -0.2) is 37.1 Å². The first-order valence-corrected chi connectivity index (χ1v) is 7.75. The van der Waals surface area contributed by atoms with Crippen LogP contribution in [0.5, 0.6) is 0 Å². The van der Waals surface area contributed by atoms with Crippen LogP contribution < -0.4 is 5.32 Å². The van der Waals surface area contributed by atoms with Crippen LogP contribution in [0.3, 0.4) is 0 Å². The molecular weight excluding hydrogens is 208 g/mol. The minimum atomic E-state index is 0.726. The first-order chi connectivity index (χ1) is 8.29. The van der Waals surface area contributed by atoms with E-state index in [-0.39, 0.29) is 0 Å². The van der Waals surface area contributed by atoms with Crippen LogP contribution >= 0.6 is 0 Å². The Morgan fingerprint density at radius 3 is 2.71 bits per heavy atom. The smallest absolute Gasteiger partial charge is 0.0220 e. The molecule has 0 aromatic heterocycles. The largest absolute Gasteiger partial charge is 0.312 e. The molecule has 2 unspecified atom stereocenters. The van der Waals surface area contributed by atoms with Crippen LogP contribution in [0.25, 0.3) is 0 Å². The molecule has 2 atom stereocenters. The van der Waals surface area contributed by atoms with Crippen molar-refractivity contribution in [3.05, 3.63) is 0 Å². The minimum Gasteiger partial charge on any atom is -0.312 e. The van der Waals surface area contributed by atoms with Gasteiger partial charge in [-0.3, -0.25) is 0 Å². The molecule has 0 aromatic rings. The quantitative estimate of drug-likeness (QED) is 0.810. The lowest BCUT2D eigenvalue weighted by Crippen LogP contribution is -2.43. The van der Waals surface area contributed by atoms with Gasteiger partial charge in [0.05, 0.1) is 0 Å². The molecule has 2 aliphatic rings. The van der Waals surface area contributed by atoms with Crippen molar-refractivity contribution in [2.45, 2.75) is 58.4 Å². The van der Waals surface area contributed by atoms with E-state index in [0.717, 1.165) is 17.9 Å². The number of hydrogen-bond acceptors (Lipinski definition) is 2. The average molecular weight is 238 g/mol. The summed E-state index contributed by atoms with van der Waals surface area (Å²) >= 11 is 0. The van der Waals surface area contributed by atoms with E-state index in [2.05, 4.69) is 24.1 Å². The van der Waals surface area contributed by atoms with Crippen molar-refractivity contribution in [3.8, 4) is 0 Å². The summed E-state index contributed by atoms with van der Waals surface area (Å²) in [6.07, 6.45) is 8.56. The van der Waals surface area contributed by atoms with Gasteiger partial charge in [-0.1, -0.05) is 33.1 Å². The van der Waals surface area contributed by atoms with Gasteiger partial charge in [0.25, 0.3) is 0 Å². The highest BCUT2D eigenvalue weighted by Crippen LogP contribution is 2.26. The predicted octanol–water partition coefficient (Wildman–Crippen LogP) is 2.89. The zero-order chi connectivity index (χ0) is 12.1. The summed E-state index contributed by atoms with van der Waals surface area (Å²) in [6, 6.07) is 0.726. The normalized spacial score (nSPS) is 30.4. The van der Waals surface area contributed by atoms with Gasteiger partial charge < -0.3 is 10.2 Å². The van der Waals surface area contributed by atoms with Gasteiger partial charge in [0, 0.05) is 19.1 Å². The second-order valence-electron chi connectivity index (χ2n) is 6.21. The topological polar surface area (TPSA) is 15.3 Å².